The van der Waals surface area contributed by atoms with Gasteiger partial charge < -0.3 is 45.3 Å². The number of hydrogen-bond acceptors (Lipinski definition) is 11. The largest absolute Gasteiger partial charge is 0.504 e. The third kappa shape index (κ3) is 12.1. The quantitative estimate of drug-likeness (QED) is 0.131. The smallest absolute Gasteiger partial charge is 0.338 e. The number of aliphatic carboxylic acids is 2. The SMILES string of the molecule is Cc1cc(O)c(O)cc1C(=O)OCC(CNC(C)(C)CNC(=O)C1CCOC1)OC(=O)C1(C)CC1.O=C(O)CCC(=O)O. The van der Waals surface area contributed by atoms with Crippen LogP contribution in [0.4, 0.5) is 0 Å². The van der Waals surface area contributed by atoms with Gasteiger partial charge in [0.1, 0.15) is 12.7 Å². The number of ether oxygens (including phenoxy) is 3. The molecular weight excluding hydrogens is 568 g/mol. The van der Waals surface area contributed by atoms with Crippen molar-refractivity contribution in [3.63, 3.8) is 0 Å². The monoisotopic (exact) mass is 610 g/mol. The van der Waals surface area contributed by atoms with E-state index in [4.69, 9.17) is 24.4 Å². The van der Waals surface area contributed by atoms with Gasteiger partial charge in [-0.15, -0.1) is 0 Å². The van der Waals surface area contributed by atoms with E-state index < -0.39 is 40.7 Å². The number of amides is 1. The fourth-order valence-electron chi connectivity index (χ4n) is 3.83. The van der Waals surface area contributed by atoms with Crippen LogP contribution < -0.4 is 10.6 Å². The second-order valence-corrected chi connectivity index (χ2v) is 11.7. The highest BCUT2D eigenvalue weighted by atomic mass is 16.6. The molecule has 1 aliphatic heterocycles. The van der Waals surface area contributed by atoms with Crippen molar-refractivity contribution in [2.45, 2.75) is 71.4 Å². The Morgan fingerprint density at radius 3 is 2.21 bits per heavy atom. The number of aromatic hydroxyl groups is 2. The molecule has 1 heterocycles. The molecule has 1 saturated carbocycles. The van der Waals surface area contributed by atoms with Crippen molar-refractivity contribution in [3.8, 4) is 11.5 Å². The van der Waals surface area contributed by atoms with Crippen molar-refractivity contribution >= 4 is 29.8 Å². The number of phenolic OH excluding ortho intramolecular Hbond substituents is 2. The normalized spacial score (nSPS) is 17.5. The number of carbonyl (C=O) groups excluding carboxylic acids is 3. The Balaban J connectivity index is 0.000000708. The second-order valence-electron chi connectivity index (χ2n) is 11.7. The molecule has 0 spiro atoms. The van der Waals surface area contributed by atoms with E-state index in [2.05, 4.69) is 10.6 Å². The molecule has 2 atom stereocenters. The molecule has 240 valence electrons. The van der Waals surface area contributed by atoms with Gasteiger partial charge in [-0.1, -0.05) is 0 Å². The number of carbonyl (C=O) groups is 5. The van der Waals surface area contributed by atoms with Gasteiger partial charge in [0, 0.05) is 25.2 Å². The van der Waals surface area contributed by atoms with Crippen LogP contribution in [0.15, 0.2) is 12.1 Å². The third-order valence-corrected chi connectivity index (χ3v) is 7.07. The summed E-state index contributed by atoms with van der Waals surface area (Å²) in [6, 6.07) is 2.41. The maximum atomic E-state index is 12.6. The predicted molar refractivity (Wildman–Crippen MR) is 151 cm³/mol. The van der Waals surface area contributed by atoms with Crippen LogP contribution in [0.2, 0.25) is 0 Å². The van der Waals surface area contributed by atoms with Crippen LogP contribution in [0.1, 0.15) is 68.8 Å². The second kappa shape index (κ2) is 15.5. The van der Waals surface area contributed by atoms with Crippen LogP contribution in [0.3, 0.4) is 0 Å². The molecule has 43 heavy (non-hydrogen) atoms. The van der Waals surface area contributed by atoms with Gasteiger partial charge in [0.2, 0.25) is 5.91 Å². The van der Waals surface area contributed by atoms with Gasteiger partial charge in [0.15, 0.2) is 11.5 Å². The topological polar surface area (TPSA) is 218 Å². The fraction of sp³-hybridized carbons (Fsp3) is 0.621. The molecule has 0 aromatic heterocycles. The molecule has 6 N–H and O–H groups in total. The molecule has 1 saturated heterocycles. The number of hydrogen-bond donors (Lipinski definition) is 6. The number of esters is 2. The van der Waals surface area contributed by atoms with Gasteiger partial charge in [0.05, 0.1) is 36.3 Å². The minimum absolute atomic E-state index is 0.0524. The molecule has 1 aromatic carbocycles. The van der Waals surface area contributed by atoms with Gasteiger partial charge in [0.25, 0.3) is 0 Å². The zero-order chi connectivity index (χ0) is 32.4. The maximum Gasteiger partial charge on any atom is 0.338 e. The van der Waals surface area contributed by atoms with Crippen LogP contribution in [-0.2, 0) is 33.4 Å². The lowest BCUT2D eigenvalue weighted by Gasteiger charge is -2.30. The molecule has 0 radical (unpaired) electrons. The highest BCUT2D eigenvalue weighted by Gasteiger charge is 2.47. The Kier molecular flexibility index (Phi) is 12.7. The summed E-state index contributed by atoms with van der Waals surface area (Å²) in [5, 5.41) is 41.3. The molecule has 14 nitrogen and oxygen atoms in total. The number of benzene rings is 1. The van der Waals surface area contributed by atoms with E-state index in [-0.39, 0.29) is 55.1 Å². The molecule has 2 unspecified atom stereocenters. The summed E-state index contributed by atoms with van der Waals surface area (Å²) in [7, 11) is 0. The van der Waals surface area contributed by atoms with Crippen LogP contribution in [0.25, 0.3) is 0 Å². The minimum atomic E-state index is -1.08. The number of nitrogens with one attached hydrogen (secondary N) is 2. The van der Waals surface area contributed by atoms with E-state index in [0.29, 0.717) is 31.7 Å². The zero-order valence-corrected chi connectivity index (χ0v) is 24.9. The Morgan fingerprint density at radius 2 is 1.67 bits per heavy atom. The van der Waals surface area contributed by atoms with Gasteiger partial charge in [-0.3, -0.25) is 19.2 Å². The molecular formula is C29H42N2O12. The molecule has 2 aliphatic rings. The molecule has 1 amide bonds. The Labute approximate surface area is 249 Å². The zero-order valence-electron chi connectivity index (χ0n) is 24.9. The molecule has 14 heteroatoms. The first kappa shape index (κ1) is 35.3. The summed E-state index contributed by atoms with van der Waals surface area (Å²) in [5.41, 5.74) is -0.487. The summed E-state index contributed by atoms with van der Waals surface area (Å²) in [6.07, 6.45) is 0.860. The molecule has 2 fully saturated rings. The standard InChI is InChI=1S/C25H36N2O8.C4H6O4/c1-15-9-19(28)20(29)10-18(15)22(31)34-13-17(35-23(32)25(4)6-7-25)11-27-24(2,3)14-26-21(30)16-5-8-33-12-16;5-3(6)1-2-4(7)8/h9-10,16-17,27-29H,5-8,11-14H2,1-4H3,(H,26,30);1-2H2,(H,5,6)(H,7,8). The molecule has 0 bridgehead atoms. The lowest BCUT2D eigenvalue weighted by Crippen LogP contribution is -2.53. The van der Waals surface area contributed by atoms with E-state index in [1.54, 1.807) is 6.92 Å². The first-order valence-corrected chi connectivity index (χ1v) is 14.0. The summed E-state index contributed by atoms with van der Waals surface area (Å²) in [6.45, 7) is 8.64. The highest BCUT2D eigenvalue weighted by molar-refractivity contribution is 5.92. The lowest BCUT2D eigenvalue weighted by molar-refractivity contribution is -0.157. The first-order valence-electron chi connectivity index (χ1n) is 14.0. The number of carboxylic acid groups (broad SMARTS) is 2. The van der Waals surface area contributed by atoms with E-state index in [1.165, 1.54) is 6.07 Å². The number of carboxylic acids is 2. The molecule has 1 aromatic rings. The Hall–Kier alpha value is -3.91. The summed E-state index contributed by atoms with van der Waals surface area (Å²) < 4.78 is 16.3. The number of aryl methyl sites for hydroxylation is 1. The van der Waals surface area contributed by atoms with Crippen molar-refractivity contribution in [2.24, 2.45) is 11.3 Å². The van der Waals surface area contributed by atoms with Gasteiger partial charge >= 0.3 is 23.9 Å². The molecule has 3 rings (SSSR count). The van der Waals surface area contributed by atoms with Crippen molar-refractivity contribution in [2.75, 3.05) is 32.9 Å². The van der Waals surface area contributed by atoms with Crippen molar-refractivity contribution in [1.29, 1.82) is 0 Å². The van der Waals surface area contributed by atoms with E-state index in [9.17, 15) is 34.2 Å². The van der Waals surface area contributed by atoms with Crippen molar-refractivity contribution in [1.82, 2.24) is 10.6 Å². The summed E-state index contributed by atoms with van der Waals surface area (Å²) in [4.78, 5) is 56.7. The van der Waals surface area contributed by atoms with Crippen molar-refractivity contribution < 1.29 is 58.6 Å². The minimum Gasteiger partial charge on any atom is -0.504 e. The number of phenols is 2. The molecule has 1 aliphatic carbocycles. The van der Waals surface area contributed by atoms with Gasteiger partial charge in [-0.2, -0.15) is 0 Å². The highest BCUT2D eigenvalue weighted by Crippen LogP contribution is 2.46. The van der Waals surface area contributed by atoms with Crippen LogP contribution >= 0.6 is 0 Å². The summed E-state index contributed by atoms with van der Waals surface area (Å²) in [5.74, 6) is -4.15. The van der Waals surface area contributed by atoms with Crippen LogP contribution in [0, 0.1) is 18.3 Å². The van der Waals surface area contributed by atoms with Gasteiger partial charge in [-0.05, 0) is 64.7 Å². The predicted octanol–water partition coefficient (Wildman–Crippen LogP) is 1.73. The maximum absolute atomic E-state index is 12.6. The van der Waals surface area contributed by atoms with E-state index in [0.717, 1.165) is 18.9 Å². The van der Waals surface area contributed by atoms with Crippen molar-refractivity contribution in [3.05, 3.63) is 23.3 Å². The fourth-order valence-corrected chi connectivity index (χ4v) is 3.83. The van der Waals surface area contributed by atoms with E-state index >= 15 is 0 Å². The lowest BCUT2D eigenvalue weighted by atomic mass is 10.0. The first-order chi connectivity index (χ1) is 20.0. The third-order valence-electron chi connectivity index (χ3n) is 7.07. The average Bonchev–Trinajstić information content (AvgIpc) is 3.45. The van der Waals surface area contributed by atoms with Gasteiger partial charge in [-0.25, -0.2) is 4.79 Å². The average molecular weight is 611 g/mol. The van der Waals surface area contributed by atoms with Crippen LogP contribution in [0.5, 0.6) is 11.5 Å². The van der Waals surface area contributed by atoms with E-state index in [1.807, 2.05) is 20.8 Å². The number of rotatable bonds is 14. The summed E-state index contributed by atoms with van der Waals surface area (Å²) >= 11 is 0. The Bertz CT molecular complexity index is 1160. The van der Waals surface area contributed by atoms with Crippen LogP contribution in [-0.4, -0.2) is 94.8 Å². The Morgan fingerprint density at radius 1 is 1.07 bits per heavy atom.